The van der Waals surface area contributed by atoms with Crippen molar-refractivity contribution in [2.75, 3.05) is 14.5 Å². The van der Waals surface area contributed by atoms with Crippen LogP contribution < -0.4 is 36.4 Å². The van der Waals surface area contributed by atoms with E-state index >= 15 is 0 Å². The van der Waals surface area contributed by atoms with Crippen LogP contribution in [0.1, 0.15) is 0 Å². The smallest absolute Gasteiger partial charge is 0.316 e. The van der Waals surface area contributed by atoms with Crippen LogP contribution in [0.5, 0.6) is 0 Å². The molecule has 4 aliphatic heterocycles. The van der Waals surface area contributed by atoms with Gasteiger partial charge in [-0.3, -0.25) is 0 Å². The van der Waals surface area contributed by atoms with Crippen LogP contribution in [0, 0.1) is 0 Å². The Hall–Kier alpha value is -13.4. The predicted molar refractivity (Wildman–Crippen MR) is 435 cm³/mol. The molecule has 7 heteroatoms. The lowest BCUT2D eigenvalue weighted by Crippen LogP contribution is -2.74. The molecular formula is C96H61B2N5. The molecule has 2 aromatic heterocycles. The van der Waals surface area contributed by atoms with Gasteiger partial charge in [0.2, 0.25) is 0 Å². The standard InChI is InChI=1S/C96H61B2N5/c1-8-26-62(27-9-1)67-44-48-86-76(52-67)77-53-68(63-28-10-2-11-29-63)45-49-87(77)101(86)74-58-80-82-56-71(66-34-16-5-17-35-66)57-83-81-59-75(102-88-50-46-69(64-30-12-3-13-31-64)54-78(88)79-55-70(47-51-89(79)102)65-32-14-4-15-33-65)61-93-95(81)98(85-41-23-25-43-91(85)100(93)73-38-20-7-21-39-73)103(96(82)83)97-84-40-22-24-42-90(84)99(92(60-74)94(80)97)72-36-18-6-19-37-72/h1-61H. The monoisotopic (exact) mass is 1310 g/mol. The maximum absolute atomic E-state index is 2.88. The van der Waals surface area contributed by atoms with Crippen molar-refractivity contribution in [2.45, 2.75) is 0 Å². The van der Waals surface area contributed by atoms with Gasteiger partial charge < -0.3 is 23.7 Å². The molecule has 0 spiro atoms. The Morgan fingerprint density at radius 3 is 0.816 bits per heavy atom. The van der Waals surface area contributed by atoms with Crippen molar-refractivity contribution in [3.8, 4) is 89.3 Å². The van der Waals surface area contributed by atoms with Crippen molar-refractivity contribution in [1.29, 1.82) is 0 Å². The molecule has 0 atom stereocenters. The third-order valence-corrected chi connectivity index (χ3v) is 22.4. The van der Waals surface area contributed by atoms with Gasteiger partial charge in [-0.2, -0.15) is 0 Å². The molecular weight excluding hydrogens is 1240 g/mol. The first-order valence-electron chi connectivity index (χ1n) is 35.8. The van der Waals surface area contributed by atoms with Crippen LogP contribution in [-0.4, -0.2) is 22.8 Å². The third-order valence-electron chi connectivity index (χ3n) is 22.4. The molecule has 0 saturated carbocycles. The van der Waals surface area contributed by atoms with E-state index in [9.17, 15) is 0 Å². The van der Waals surface area contributed by atoms with Gasteiger partial charge in [-0.1, -0.05) is 249 Å². The summed E-state index contributed by atoms with van der Waals surface area (Å²) in [5.41, 5.74) is 36.7. The van der Waals surface area contributed by atoms with Gasteiger partial charge >= 0.3 is 13.7 Å². The Morgan fingerprint density at radius 1 is 0.194 bits per heavy atom. The number of benzene rings is 16. The second-order valence-corrected chi connectivity index (χ2v) is 27.9. The van der Waals surface area contributed by atoms with Crippen molar-refractivity contribution in [1.82, 2.24) is 9.13 Å². The lowest BCUT2D eigenvalue weighted by molar-refractivity contribution is 1.17. The maximum Gasteiger partial charge on any atom is 0.316 e. The molecule has 103 heavy (non-hydrogen) atoms. The van der Waals surface area contributed by atoms with E-state index in [0.29, 0.717) is 0 Å². The van der Waals surface area contributed by atoms with Crippen LogP contribution >= 0.6 is 0 Å². The number of anilines is 7. The molecule has 6 heterocycles. The zero-order valence-corrected chi connectivity index (χ0v) is 56.1. The average molecular weight is 1310 g/mol. The van der Waals surface area contributed by atoms with Crippen LogP contribution in [-0.2, 0) is 0 Å². The van der Waals surface area contributed by atoms with Crippen molar-refractivity contribution in [3.63, 3.8) is 0 Å². The summed E-state index contributed by atoms with van der Waals surface area (Å²) in [7, 11) is 0. The largest absolute Gasteiger partial charge is 0.444 e. The molecule has 0 saturated heterocycles. The van der Waals surface area contributed by atoms with E-state index in [1.54, 1.807) is 0 Å². The van der Waals surface area contributed by atoms with Gasteiger partial charge in [-0.25, -0.2) is 0 Å². The summed E-state index contributed by atoms with van der Waals surface area (Å²) in [5, 5.41) is 4.83. The molecule has 16 aromatic carbocycles. The lowest BCUT2D eigenvalue weighted by Gasteiger charge is -2.53. The van der Waals surface area contributed by atoms with Crippen LogP contribution in [0.3, 0.4) is 0 Å². The number of aromatic nitrogens is 2. The van der Waals surface area contributed by atoms with Gasteiger partial charge in [0.05, 0.1) is 22.1 Å². The predicted octanol–water partition coefficient (Wildman–Crippen LogP) is 22.2. The Bertz CT molecular complexity index is 5930. The number of rotatable bonds is 9. The molecule has 18 aromatic rings. The van der Waals surface area contributed by atoms with Crippen molar-refractivity contribution >= 4 is 119 Å². The molecule has 476 valence electrons. The maximum atomic E-state index is 2.88. The van der Waals surface area contributed by atoms with E-state index in [4.69, 9.17) is 0 Å². The van der Waals surface area contributed by atoms with E-state index in [0.717, 1.165) is 78.7 Å². The average Bonchev–Trinajstić information content (AvgIpc) is 1.27. The fourth-order valence-electron chi connectivity index (χ4n) is 18.0. The van der Waals surface area contributed by atoms with Gasteiger partial charge in [0.25, 0.3) is 0 Å². The molecule has 0 radical (unpaired) electrons. The van der Waals surface area contributed by atoms with Crippen LogP contribution in [0.2, 0.25) is 0 Å². The van der Waals surface area contributed by atoms with Crippen LogP contribution in [0.4, 0.5) is 39.8 Å². The highest BCUT2D eigenvalue weighted by molar-refractivity contribution is 7.09. The van der Waals surface area contributed by atoms with Gasteiger partial charge in [0.15, 0.2) is 0 Å². The second kappa shape index (κ2) is 22.6. The van der Waals surface area contributed by atoms with Gasteiger partial charge in [-0.15, -0.1) is 0 Å². The second-order valence-electron chi connectivity index (χ2n) is 27.9. The molecule has 0 unspecified atom stereocenters. The zero-order chi connectivity index (χ0) is 67.4. The van der Waals surface area contributed by atoms with E-state index < -0.39 is 0 Å². The quantitative estimate of drug-likeness (QED) is 0.134. The fourth-order valence-corrected chi connectivity index (χ4v) is 18.0. The first-order valence-corrected chi connectivity index (χ1v) is 35.8. The summed E-state index contributed by atoms with van der Waals surface area (Å²) in [6.45, 7) is -0.470. The molecule has 0 N–H and O–H groups in total. The highest BCUT2D eigenvalue weighted by Crippen LogP contribution is 2.55. The Morgan fingerprint density at radius 2 is 0.485 bits per heavy atom. The Kier molecular flexibility index (Phi) is 12.6. The van der Waals surface area contributed by atoms with E-state index in [2.05, 4.69) is 394 Å². The number of fused-ring (bicyclic) bond motifs is 14. The molecule has 0 amide bonds. The summed E-state index contributed by atoms with van der Waals surface area (Å²) >= 11 is 0. The summed E-state index contributed by atoms with van der Waals surface area (Å²) in [4.78, 5) is 5.13. The van der Waals surface area contributed by atoms with Crippen LogP contribution in [0.25, 0.3) is 133 Å². The highest BCUT2D eigenvalue weighted by Gasteiger charge is 2.54. The van der Waals surface area contributed by atoms with Gasteiger partial charge in [0.1, 0.15) is 0 Å². The number of nitrogens with zero attached hydrogens (tertiary/aromatic N) is 5. The molecule has 0 fully saturated rings. The molecule has 22 rings (SSSR count). The number of para-hydroxylation sites is 4. The molecule has 5 nitrogen and oxygen atoms in total. The van der Waals surface area contributed by atoms with E-state index in [1.807, 2.05) is 0 Å². The van der Waals surface area contributed by atoms with Crippen molar-refractivity contribution < 1.29 is 0 Å². The minimum absolute atomic E-state index is 0.235. The van der Waals surface area contributed by atoms with E-state index in [-0.39, 0.29) is 13.7 Å². The van der Waals surface area contributed by atoms with Crippen molar-refractivity contribution in [2.24, 2.45) is 0 Å². The topological polar surface area (TPSA) is 19.6 Å². The lowest BCUT2D eigenvalue weighted by atomic mass is 9.32. The summed E-state index contributed by atoms with van der Waals surface area (Å²) in [6.07, 6.45) is 0. The van der Waals surface area contributed by atoms with Crippen LogP contribution in [0.15, 0.2) is 370 Å². The summed E-state index contributed by atoms with van der Waals surface area (Å²) in [5.74, 6) is 0. The van der Waals surface area contributed by atoms with E-state index in [1.165, 1.54) is 116 Å². The van der Waals surface area contributed by atoms with Gasteiger partial charge in [0, 0.05) is 83.9 Å². The minimum Gasteiger partial charge on any atom is -0.444 e. The third kappa shape index (κ3) is 8.70. The Balaban J connectivity index is 0.872. The molecule has 4 aliphatic rings. The number of hydrogen-bond acceptors (Lipinski definition) is 3. The summed E-state index contributed by atoms with van der Waals surface area (Å²) in [6, 6.07) is 139. The first-order chi connectivity index (χ1) is 51.1. The number of hydrogen-bond donors (Lipinski definition) is 0. The zero-order valence-electron chi connectivity index (χ0n) is 56.1. The highest BCUT2D eigenvalue weighted by atomic mass is 15.2. The first kappa shape index (κ1) is 57.5. The summed E-state index contributed by atoms with van der Waals surface area (Å²) < 4.78 is 8.00. The fraction of sp³-hybridized carbons (Fsp3) is 0. The normalized spacial score (nSPS) is 13.0. The molecule has 0 aliphatic carbocycles. The minimum atomic E-state index is -0.235. The van der Waals surface area contributed by atoms with Crippen molar-refractivity contribution in [3.05, 3.63) is 370 Å². The molecule has 0 bridgehead atoms. The Labute approximate surface area is 598 Å². The SMILES string of the molecule is c1ccc(-c2cc3c4c(c2)-c2cc(-n5c6ccc(-c7ccccc7)cc6c6cc(-c7ccccc7)ccc65)cc5c2B(c2ccccc2N5c2ccccc2)N4B2c4ccccc4N(c4ccccc4)c4cc(-n5c6ccc(-c7ccccc7)cc6c6cc(-c7ccccc7)ccc65)cc-3c42)cc1. The van der Waals surface area contributed by atoms with Gasteiger partial charge in [-0.05, 0) is 210 Å².